The SMILES string of the molecule is CC/C=C\C/C=C\C/C=C\C/C=C\CCC(=O)NC(COP(=O)(O)OCC[N+](C)(C)C)C(O)CCCCCCCCCC. The molecule has 0 aliphatic carbocycles. The smallest absolute Gasteiger partial charge is 0.391 e. The van der Waals surface area contributed by atoms with Crippen molar-refractivity contribution in [3.8, 4) is 0 Å². The minimum atomic E-state index is -4.31. The first-order valence-corrected chi connectivity index (χ1v) is 18.0. The number of nitrogens with zero attached hydrogens (tertiary/aromatic N) is 1. The van der Waals surface area contributed by atoms with Gasteiger partial charge < -0.3 is 19.8 Å². The minimum Gasteiger partial charge on any atom is -0.391 e. The molecule has 0 fully saturated rings. The lowest BCUT2D eigenvalue weighted by Gasteiger charge is -2.26. The van der Waals surface area contributed by atoms with Crippen LogP contribution in [0.1, 0.15) is 110 Å². The summed E-state index contributed by atoms with van der Waals surface area (Å²) in [6, 6.07) is -0.794. The molecule has 8 nitrogen and oxygen atoms in total. The Labute approximate surface area is 263 Å². The van der Waals surface area contributed by atoms with E-state index in [1.807, 2.05) is 33.3 Å². The molecule has 250 valence electrons. The van der Waals surface area contributed by atoms with E-state index in [0.29, 0.717) is 23.9 Å². The van der Waals surface area contributed by atoms with Crippen LogP contribution in [-0.2, 0) is 18.4 Å². The van der Waals surface area contributed by atoms with Gasteiger partial charge in [0.1, 0.15) is 13.2 Å². The molecule has 0 aromatic rings. The molecule has 0 saturated carbocycles. The Kier molecular flexibility index (Phi) is 25.9. The van der Waals surface area contributed by atoms with Crippen LogP contribution in [0.15, 0.2) is 48.6 Å². The number of unbranched alkanes of at least 4 members (excludes halogenated alkanes) is 7. The Bertz CT molecular complexity index is 850. The lowest BCUT2D eigenvalue weighted by atomic mass is 10.0. The first-order chi connectivity index (χ1) is 20.5. The van der Waals surface area contributed by atoms with Gasteiger partial charge >= 0.3 is 7.82 Å². The molecule has 0 bridgehead atoms. The summed E-state index contributed by atoms with van der Waals surface area (Å²) in [6.07, 6.45) is 30.2. The van der Waals surface area contributed by atoms with Crippen molar-refractivity contribution in [1.29, 1.82) is 0 Å². The Morgan fingerprint density at radius 3 is 1.91 bits per heavy atom. The lowest BCUT2D eigenvalue weighted by Crippen LogP contribution is -2.46. The zero-order valence-corrected chi connectivity index (χ0v) is 28.8. The van der Waals surface area contributed by atoms with E-state index in [2.05, 4.69) is 55.6 Å². The highest BCUT2D eigenvalue weighted by atomic mass is 31.2. The fraction of sp³-hybridized carbons (Fsp3) is 0.735. The summed E-state index contributed by atoms with van der Waals surface area (Å²) in [4.78, 5) is 22.8. The third-order valence-corrected chi connectivity index (χ3v) is 7.84. The molecule has 43 heavy (non-hydrogen) atoms. The number of phosphoric acid groups is 1. The zero-order valence-electron chi connectivity index (χ0n) is 27.9. The summed E-state index contributed by atoms with van der Waals surface area (Å²) < 4.78 is 23.3. The Balaban J connectivity index is 4.68. The topological polar surface area (TPSA) is 105 Å². The largest absolute Gasteiger partial charge is 0.472 e. The number of carbonyl (C=O) groups excluding carboxylic acids is 1. The maximum absolute atomic E-state index is 12.7. The highest BCUT2D eigenvalue weighted by molar-refractivity contribution is 7.47. The second-order valence-electron chi connectivity index (χ2n) is 12.2. The fourth-order valence-electron chi connectivity index (χ4n) is 4.17. The van der Waals surface area contributed by atoms with Crippen LogP contribution in [0.5, 0.6) is 0 Å². The number of quaternary nitrogens is 1. The molecular weight excluding hydrogens is 563 g/mol. The van der Waals surface area contributed by atoms with Crippen molar-refractivity contribution < 1.29 is 32.9 Å². The van der Waals surface area contributed by atoms with Crippen molar-refractivity contribution in [1.82, 2.24) is 5.32 Å². The van der Waals surface area contributed by atoms with Crippen molar-refractivity contribution in [2.24, 2.45) is 0 Å². The van der Waals surface area contributed by atoms with Crippen molar-refractivity contribution in [3.63, 3.8) is 0 Å². The quantitative estimate of drug-likeness (QED) is 0.0354. The number of rotatable bonds is 28. The molecule has 0 aromatic carbocycles. The highest BCUT2D eigenvalue weighted by Crippen LogP contribution is 2.43. The maximum atomic E-state index is 12.7. The van der Waals surface area contributed by atoms with Gasteiger partial charge in [-0.05, 0) is 38.5 Å². The van der Waals surface area contributed by atoms with Gasteiger partial charge in [-0.15, -0.1) is 0 Å². The third kappa shape index (κ3) is 29.0. The van der Waals surface area contributed by atoms with Crippen LogP contribution in [-0.4, -0.2) is 73.4 Å². The number of allylic oxidation sites excluding steroid dienone is 8. The van der Waals surface area contributed by atoms with Gasteiger partial charge in [-0.1, -0.05) is 114 Å². The second-order valence-corrected chi connectivity index (χ2v) is 13.6. The van der Waals surface area contributed by atoms with E-state index < -0.39 is 20.0 Å². The van der Waals surface area contributed by atoms with Crippen LogP contribution >= 0.6 is 7.82 Å². The molecular formula is C34H64N2O6P+. The number of likely N-dealkylation sites (N-methyl/N-ethyl adjacent to an activating group) is 1. The fourth-order valence-corrected chi connectivity index (χ4v) is 4.91. The second kappa shape index (κ2) is 26.8. The van der Waals surface area contributed by atoms with E-state index >= 15 is 0 Å². The summed E-state index contributed by atoms with van der Waals surface area (Å²) in [5.41, 5.74) is 0. The Morgan fingerprint density at radius 1 is 0.814 bits per heavy atom. The summed E-state index contributed by atoms with van der Waals surface area (Å²) >= 11 is 0. The van der Waals surface area contributed by atoms with Crippen molar-refractivity contribution in [3.05, 3.63) is 48.6 Å². The van der Waals surface area contributed by atoms with Crippen molar-refractivity contribution in [2.45, 2.75) is 122 Å². The summed E-state index contributed by atoms with van der Waals surface area (Å²) in [6.45, 7) is 4.63. The standard InChI is InChI=1S/C34H63N2O6P/c1-6-8-10-12-14-16-17-18-19-20-22-24-26-28-34(38)35-32(31-42-43(39,40)41-30-29-36(3,4)5)33(37)27-25-23-21-15-13-11-9-7-2/h8,10,14,16,18-19,22,24,32-33,37H,6-7,9,11-13,15,17,20-21,23,25-31H2,1-5H3,(H-,35,38,39,40)/p+1/b10-8-,16-14-,19-18-,24-22-. The number of aliphatic hydroxyl groups is 1. The number of amides is 1. The van der Waals surface area contributed by atoms with E-state index in [4.69, 9.17) is 9.05 Å². The molecule has 0 heterocycles. The number of hydrogen-bond acceptors (Lipinski definition) is 5. The number of nitrogens with one attached hydrogen (secondary N) is 1. The number of aliphatic hydroxyl groups excluding tert-OH is 1. The molecule has 1 amide bonds. The zero-order chi connectivity index (χ0) is 32.2. The maximum Gasteiger partial charge on any atom is 0.472 e. The molecule has 0 aromatic heterocycles. The van der Waals surface area contributed by atoms with Crippen molar-refractivity contribution in [2.75, 3.05) is 40.9 Å². The molecule has 3 atom stereocenters. The Hall–Kier alpha value is -1.54. The van der Waals surface area contributed by atoms with E-state index in [1.54, 1.807) is 0 Å². The molecule has 0 rings (SSSR count). The van der Waals surface area contributed by atoms with Crippen LogP contribution in [0, 0.1) is 0 Å². The molecule has 3 unspecified atom stereocenters. The van der Waals surface area contributed by atoms with Crippen LogP contribution in [0.4, 0.5) is 0 Å². The van der Waals surface area contributed by atoms with Gasteiger partial charge in [0.25, 0.3) is 0 Å². The van der Waals surface area contributed by atoms with E-state index in [0.717, 1.165) is 44.9 Å². The van der Waals surface area contributed by atoms with Gasteiger partial charge in [-0.2, -0.15) is 0 Å². The first kappa shape index (κ1) is 41.5. The minimum absolute atomic E-state index is 0.0595. The highest BCUT2D eigenvalue weighted by Gasteiger charge is 2.28. The predicted molar refractivity (Wildman–Crippen MR) is 180 cm³/mol. The molecule has 9 heteroatoms. The van der Waals surface area contributed by atoms with Crippen LogP contribution in [0.3, 0.4) is 0 Å². The van der Waals surface area contributed by atoms with Gasteiger partial charge in [0.05, 0.1) is 39.9 Å². The first-order valence-electron chi connectivity index (χ1n) is 16.5. The lowest BCUT2D eigenvalue weighted by molar-refractivity contribution is -0.870. The predicted octanol–water partition coefficient (Wildman–Crippen LogP) is 7.79. The average Bonchev–Trinajstić information content (AvgIpc) is 2.94. The monoisotopic (exact) mass is 627 g/mol. The van der Waals surface area contributed by atoms with E-state index in [-0.39, 0.29) is 25.5 Å². The number of hydrogen-bond donors (Lipinski definition) is 3. The van der Waals surface area contributed by atoms with Gasteiger partial charge in [0.15, 0.2) is 0 Å². The van der Waals surface area contributed by atoms with Gasteiger partial charge in [-0.3, -0.25) is 13.8 Å². The molecule has 0 saturated heterocycles. The normalized spacial score (nSPS) is 15.6. The van der Waals surface area contributed by atoms with Crippen molar-refractivity contribution >= 4 is 13.7 Å². The van der Waals surface area contributed by atoms with E-state index in [1.165, 1.54) is 32.1 Å². The third-order valence-electron chi connectivity index (χ3n) is 6.85. The molecule has 0 aliphatic heterocycles. The van der Waals surface area contributed by atoms with Crippen LogP contribution in [0.2, 0.25) is 0 Å². The van der Waals surface area contributed by atoms with Crippen LogP contribution < -0.4 is 5.32 Å². The van der Waals surface area contributed by atoms with Gasteiger partial charge in [0, 0.05) is 6.42 Å². The average molecular weight is 628 g/mol. The molecule has 0 spiro atoms. The molecule has 0 aliphatic rings. The molecule has 0 radical (unpaired) electrons. The Morgan fingerprint density at radius 2 is 1.35 bits per heavy atom. The summed E-state index contributed by atoms with van der Waals surface area (Å²) in [5.74, 6) is -0.232. The van der Waals surface area contributed by atoms with Gasteiger partial charge in [0.2, 0.25) is 5.91 Å². The molecule has 3 N–H and O–H groups in total. The van der Waals surface area contributed by atoms with Gasteiger partial charge in [-0.25, -0.2) is 4.57 Å². The summed E-state index contributed by atoms with van der Waals surface area (Å²) in [7, 11) is 1.56. The van der Waals surface area contributed by atoms with E-state index in [9.17, 15) is 19.4 Å². The number of phosphoric ester groups is 1. The summed E-state index contributed by atoms with van der Waals surface area (Å²) in [5, 5.41) is 13.7. The number of carbonyl (C=O) groups is 1. The van der Waals surface area contributed by atoms with Crippen LogP contribution in [0.25, 0.3) is 0 Å².